The molecule has 0 aliphatic heterocycles. The van der Waals surface area contributed by atoms with Gasteiger partial charge in [0.05, 0.1) is 12.4 Å². The Balaban J connectivity index is 1.94. The van der Waals surface area contributed by atoms with E-state index in [0.29, 0.717) is 11.2 Å². The topological polar surface area (TPSA) is 37.8 Å². The summed E-state index contributed by atoms with van der Waals surface area (Å²) >= 11 is 0. The maximum Gasteiger partial charge on any atom is 0.233 e. The molecule has 70 valence electrons. The Labute approximate surface area is 76.4 Å². The molecular formula is C9H12FN3. The first-order chi connectivity index (χ1) is 6.18. The summed E-state index contributed by atoms with van der Waals surface area (Å²) in [6, 6.07) is 0. The van der Waals surface area contributed by atoms with Crippen LogP contribution in [0.25, 0.3) is 0 Å². The highest BCUT2D eigenvalue weighted by Gasteiger charge is 2.36. The average Bonchev–Trinajstić information content (AvgIpc) is 2.82. The van der Waals surface area contributed by atoms with E-state index in [4.69, 9.17) is 0 Å². The minimum Gasteiger partial charge on any atom is -0.368 e. The van der Waals surface area contributed by atoms with Gasteiger partial charge in [0.15, 0.2) is 0 Å². The molecule has 1 fully saturated rings. The Morgan fingerprint density at radius 1 is 1.54 bits per heavy atom. The highest BCUT2D eigenvalue weighted by molar-refractivity contribution is 5.30. The first-order valence-electron chi connectivity index (χ1n) is 4.39. The summed E-state index contributed by atoms with van der Waals surface area (Å²) in [6.07, 6.45) is 5.12. The van der Waals surface area contributed by atoms with Crippen molar-refractivity contribution in [3.8, 4) is 0 Å². The third-order valence-electron chi connectivity index (χ3n) is 2.40. The second-order valence-electron chi connectivity index (χ2n) is 3.89. The standard InChI is InChI=1S/C9H12FN3/c1-9(2-3-9)6-12-8-5-11-4-7(10)13-8/h4-5H,2-3,6H2,1H3,(H,12,13). The van der Waals surface area contributed by atoms with E-state index in [1.807, 2.05) is 0 Å². The van der Waals surface area contributed by atoms with Crippen LogP contribution in [-0.4, -0.2) is 16.5 Å². The zero-order valence-corrected chi connectivity index (χ0v) is 7.55. The fourth-order valence-corrected chi connectivity index (χ4v) is 1.12. The van der Waals surface area contributed by atoms with Crippen LogP contribution in [0.4, 0.5) is 10.2 Å². The maximum atomic E-state index is 12.6. The van der Waals surface area contributed by atoms with Crippen LogP contribution in [0.15, 0.2) is 12.4 Å². The van der Waals surface area contributed by atoms with Crippen LogP contribution in [0.5, 0.6) is 0 Å². The molecular weight excluding hydrogens is 169 g/mol. The Morgan fingerprint density at radius 3 is 2.92 bits per heavy atom. The second kappa shape index (κ2) is 2.94. The number of hydrogen-bond acceptors (Lipinski definition) is 3. The molecule has 1 aromatic heterocycles. The van der Waals surface area contributed by atoms with Gasteiger partial charge < -0.3 is 5.32 Å². The molecule has 4 heteroatoms. The quantitative estimate of drug-likeness (QED) is 0.773. The largest absolute Gasteiger partial charge is 0.368 e. The number of nitrogens with one attached hydrogen (secondary N) is 1. The van der Waals surface area contributed by atoms with Gasteiger partial charge in [-0.3, -0.25) is 4.98 Å². The minimum absolute atomic E-state index is 0.397. The molecule has 1 heterocycles. The number of hydrogen-bond donors (Lipinski definition) is 1. The summed E-state index contributed by atoms with van der Waals surface area (Å²) in [5.41, 5.74) is 0.397. The lowest BCUT2D eigenvalue weighted by Crippen LogP contribution is -2.13. The monoisotopic (exact) mass is 181 g/mol. The average molecular weight is 181 g/mol. The van der Waals surface area contributed by atoms with Crippen molar-refractivity contribution >= 4 is 5.82 Å². The fourth-order valence-electron chi connectivity index (χ4n) is 1.12. The van der Waals surface area contributed by atoms with E-state index >= 15 is 0 Å². The summed E-state index contributed by atoms with van der Waals surface area (Å²) in [6.45, 7) is 3.05. The first kappa shape index (κ1) is 8.41. The lowest BCUT2D eigenvalue weighted by molar-refractivity contribution is 0.572. The van der Waals surface area contributed by atoms with Crippen LogP contribution < -0.4 is 5.32 Å². The molecule has 0 bridgehead atoms. The number of rotatable bonds is 3. The summed E-state index contributed by atoms with van der Waals surface area (Å²) in [4.78, 5) is 7.37. The molecule has 3 nitrogen and oxygen atoms in total. The summed E-state index contributed by atoms with van der Waals surface area (Å²) < 4.78 is 12.6. The van der Waals surface area contributed by atoms with Gasteiger partial charge in [0.2, 0.25) is 5.95 Å². The van der Waals surface area contributed by atoms with Crippen molar-refractivity contribution in [3.05, 3.63) is 18.3 Å². The Kier molecular flexibility index (Phi) is 1.90. The number of anilines is 1. The van der Waals surface area contributed by atoms with Crippen molar-refractivity contribution in [1.82, 2.24) is 9.97 Å². The molecule has 1 N–H and O–H groups in total. The highest BCUT2D eigenvalue weighted by atomic mass is 19.1. The molecule has 0 radical (unpaired) electrons. The van der Waals surface area contributed by atoms with E-state index in [1.54, 1.807) is 0 Å². The van der Waals surface area contributed by atoms with Crippen molar-refractivity contribution in [3.63, 3.8) is 0 Å². The Bertz CT molecular complexity index is 309. The van der Waals surface area contributed by atoms with Gasteiger partial charge >= 0.3 is 0 Å². The minimum atomic E-state index is -0.536. The third-order valence-corrected chi connectivity index (χ3v) is 2.40. The third kappa shape index (κ3) is 2.14. The summed E-state index contributed by atoms with van der Waals surface area (Å²) in [7, 11) is 0. The molecule has 0 unspecified atom stereocenters. The number of aromatic nitrogens is 2. The normalized spacial score (nSPS) is 18.3. The van der Waals surface area contributed by atoms with Crippen LogP contribution in [0, 0.1) is 11.4 Å². The molecule has 0 saturated heterocycles. The molecule has 1 aliphatic carbocycles. The van der Waals surface area contributed by atoms with Crippen molar-refractivity contribution in [2.45, 2.75) is 19.8 Å². The molecule has 2 rings (SSSR count). The van der Waals surface area contributed by atoms with Crippen LogP contribution in [0.2, 0.25) is 0 Å². The predicted octanol–water partition coefficient (Wildman–Crippen LogP) is 1.83. The van der Waals surface area contributed by atoms with E-state index in [9.17, 15) is 4.39 Å². The lowest BCUT2D eigenvalue weighted by atomic mass is 10.1. The van der Waals surface area contributed by atoms with Gasteiger partial charge in [0.1, 0.15) is 5.82 Å². The molecule has 0 amide bonds. The van der Waals surface area contributed by atoms with Crippen LogP contribution in [-0.2, 0) is 0 Å². The van der Waals surface area contributed by atoms with Gasteiger partial charge in [-0.2, -0.15) is 9.37 Å². The molecule has 1 aromatic rings. The predicted molar refractivity (Wildman–Crippen MR) is 47.8 cm³/mol. The highest BCUT2D eigenvalue weighted by Crippen LogP contribution is 2.44. The van der Waals surface area contributed by atoms with E-state index < -0.39 is 5.95 Å². The maximum absolute atomic E-state index is 12.6. The first-order valence-corrected chi connectivity index (χ1v) is 4.39. The van der Waals surface area contributed by atoms with E-state index in [1.165, 1.54) is 19.0 Å². The van der Waals surface area contributed by atoms with Crippen LogP contribution >= 0.6 is 0 Å². The summed E-state index contributed by atoms with van der Waals surface area (Å²) in [5, 5.41) is 3.07. The van der Waals surface area contributed by atoms with E-state index in [-0.39, 0.29) is 0 Å². The Hall–Kier alpha value is -1.19. The zero-order chi connectivity index (χ0) is 9.31. The van der Waals surface area contributed by atoms with Crippen LogP contribution in [0.3, 0.4) is 0 Å². The number of halogens is 1. The van der Waals surface area contributed by atoms with Gasteiger partial charge in [-0.1, -0.05) is 6.92 Å². The van der Waals surface area contributed by atoms with Crippen LogP contribution in [0.1, 0.15) is 19.8 Å². The molecule has 0 spiro atoms. The molecule has 1 saturated carbocycles. The van der Waals surface area contributed by atoms with Gasteiger partial charge in [-0.25, -0.2) is 0 Å². The number of nitrogens with zero attached hydrogens (tertiary/aromatic N) is 2. The SMILES string of the molecule is CC1(CNc2cncc(F)n2)CC1. The Morgan fingerprint density at radius 2 is 2.31 bits per heavy atom. The zero-order valence-electron chi connectivity index (χ0n) is 7.55. The van der Waals surface area contributed by atoms with Gasteiger partial charge in [-0.05, 0) is 18.3 Å². The molecule has 0 aromatic carbocycles. The van der Waals surface area contributed by atoms with E-state index in [0.717, 1.165) is 12.7 Å². The smallest absolute Gasteiger partial charge is 0.233 e. The van der Waals surface area contributed by atoms with Crippen molar-refractivity contribution in [2.75, 3.05) is 11.9 Å². The van der Waals surface area contributed by atoms with Gasteiger partial charge in [0, 0.05) is 6.54 Å². The summed E-state index contributed by atoms with van der Waals surface area (Å²) in [5.74, 6) is -0.0147. The van der Waals surface area contributed by atoms with Gasteiger partial charge in [0.25, 0.3) is 0 Å². The molecule has 1 aliphatic rings. The van der Waals surface area contributed by atoms with Crippen molar-refractivity contribution in [2.24, 2.45) is 5.41 Å². The fraction of sp³-hybridized carbons (Fsp3) is 0.556. The van der Waals surface area contributed by atoms with Gasteiger partial charge in [-0.15, -0.1) is 0 Å². The molecule has 0 atom stereocenters. The lowest BCUT2D eigenvalue weighted by Gasteiger charge is -2.09. The van der Waals surface area contributed by atoms with E-state index in [2.05, 4.69) is 22.2 Å². The molecule has 13 heavy (non-hydrogen) atoms. The van der Waals surface area contributed by atoms with Crippen molar-refractivity contribution in [1.29, 1.82) is 0 Å². The van der Waals surface area contributed by atoms with Crippen molar-refractivity contribution < 1.29 is 4.39 Å². The second-order valence-corrected chi connectivity index (χ2v) is 3.89.